The van der Waals surface area contributed by atoms with Gasteiger partial charge in [0.2, 0.25) is 5.95 Å². The fourth-order valence-corrected chi connectivity index (χ4v) is 2.11. The fraction of sp³-hybridized carbons (Fsp3) is 0.250. The van der Waals surface area contributed by atoms with Gasteiger partial charge in [-0.1, -0.05) is 23.8 Å². The number of nitrogens with zero attached hydrogens (tertiary/aromatic N) is 2. The molecule has 0 N–H and O–H groups in total. The van der Waals surface area contributed by atoms with Gasteiger partial charge in [0.25, 0.3) is 5.91 Å². The quantitative estimate of drug-likeness (QED) is 0.804. The fourth-order valence-electron chi connectivity index (χ4n) is 2.11. The van der Waals surface area contributed by atoms with Crippen LogP contribution in [-0.2, 0) is 6.54 Å². The molecule has 1 aromatic carbocycles. The van der Waals surface area contributed by atoms with Crippen LogP contribution in [0.5, 0.6) is 0 Å². The molecule has 20 heavy (non-hydrogen) atoms. The van der Waals surface area contributed by atoms with Gasteiger partial charge in [-0.15, -0.1) is 0 Å². The lowest BCUT2D eigenvalue weighted by molar-refractivity contribution is 0.0784. The van der Waals surface area contributed by atoms with Gasteiger partial charge in [0.1, 0.15) is 0 Å². The largest absolute Gasteiger partial charge is 0.337 e. The molecular formula is C16H17FN2O. The third-order valence-corrected chi connectivity index (χ3v) is 3.23. The van der Waals surface area contributed by atoms with E-state index in [4.69, 9.17) is 0 Å². The second-order valence-electron chi connectivity index (χ2n) is 4.96. The normalized spacial score (nSPS) is 10.4. The lowest BCUT2D eigenvalue weighted by Gasteiger charge is -2.18. The van der Waals surface area contributed by atoms with Crippen molar-refractivity contribution in [3.8, 4) is 0 Å². The van der Waals surface area contributed by atoms with Gasteiger partial charge in [0, 0.05) is 31.4 Å². The lowest BCUT2D eigenvalue weighted by atomic mass is 10.1. The summed E-state index contributed by atoms with van der Waals surface area (Å²) in [5.74, 6) is -0.859. The molecule has 0 aliphatic carbocycles. The standard InChI is InChI=1S/C16H17FN2O/c1-11-4-5-14(12(2)8-11)10-19(3)16(20)13-6-7-18-15(17)9-13/h4-9H,10H2,1-3H3. The van der Waals surface area contributed by atoms with Gasteiger partial charge in [-0.3, -0.25) is 4.79 Å². The molecule has 1 heterocycles. The van der Waals surface area contributed by atoms with Crippen molar-refractivity contribution in [2.45, 2.75) is 20.4 Å². The average Bonchev–Trinajstić information content (AvgIpc) is 2.41. The van der Waals surface area contributed by atoms with Gasteiger partial charge >= 0.3 is 0 Å². The van der Waals surface area contributed by atoms with E-state index in [1.54, 1.807) is 11.9 Å². The third-order valence-electron chi connectivity index (χ3n) is 3.23. The van der Waals surface area contributed by atoms with Crippen molar-refractivity contribution in [1.82, 2.24) is 9.88 Å². The van der Waals surface area contributed by atoms with E-state index in [9.17, 15) is 9.18 Å². The minimum atomic E-state index is -0.643. The number of amides is 1. The molecule has 1 aromatic heterocycles. The molecule has 0 radical (unpaired) electrons. The Bertz CT molecular complexity index is 640. The molecule has 0 aliphatic rings. The summed E-state index contributed by atoms with van der Waals surface area (Å²) < 4.78 is 13.0. The zero-order valence-electron chi connectivity index (χ0n) is 11.9. The number of aromatic nitrogens is 1. The van der Waals surface area contributed by atoms with Gasteiger partial charge in [-0.05, 0) is 31.0 Å². The minimum Gasteiger partial charge on any atom is -0.337 e. The van der Waals surface area contributed by atoms with Crippen molar-refractivity contribution in [2.24, 2.45) is 0 Å². The van der Waals surface area contributed by atoms with Crippen LogP contribution in [-0.4, -0.2) is 22.8 Å². The molecule has 1 amide bonds. The summed E-state index contributed by atoms with van der Waals surface area (Å²) in [7, 11) is 1.71. The summed E-state index contributed by atoms with van der Waals surface area (Å²) in [4.78, 5) is 17.2. The summed E-state index contributed by atoms with van der Waals surface area (Å²) >= 11 is 0. The van der Waals surface area contributed by atoms with E-state index in [-0.39, 0.29) is 5.91 Å². The molecule has 0 bridgehead atoms. The number of carbonyl (C=O) groups is 1. The first-order valence-corrected chi connectivity index (χ1v) is 6.40. The van der Waals surface area contributed by atoms with Crippen molar-refractivity contribution in [3.63, 3.8) is 0 Å². The Balaban J connectivity index is 2.15. The van der Waals surface area contributed by atoms with Crippen molar-refractivity contribution in [2.75, 3.05) is 7.05 Å². The highest BCUT2D eigenvalue weighted by Crippen LogP contribution is 2.14. The molecule has 2 rings (SSSR count). The first-order chi connectivity index (χ1) is 9.47. The van der Waals surface area contributed by atoms with E-state index in [0.717, 1.165) is 17.2 Å². The second-order valence-corrected chi connectivity index (χ2v) is 4.96. The zero-order chi connectivity index (χ0) is 14.7. The number of pyridine rings is 1. The topological polar surface area (TPSA) is 33.2 Å². The van der Waals surface area contributed by atoms with Crippen LogP contribution < -0.4 is 0 Å². The maximum Gasteiger partial charge on any atom is 0.254 e. The number of carbonyl (C=O) groups excluding carboxylic acids is 1. The number of hydrogen-bond donors (Lipinski definition) is 0. The number of hydrogen-bond acceptors (Lipinski definition) is 2. The van der Waals surface area contributed by atoms with Crippen LogP contribution in [0.25, 0.3) is 0 Å². The van der Waals surface area contributed by atoms with Gasteiger partial charge < -0.3 is 4.90 Å². The number of rotatable bonds is 3. The first kappa shape index (κ1) is 14.2. The van der Waals surface area contributed by atoms with Crippen LogP contribution in [0.15, 0.2) is 36.5 Å². The van der Waals surface area contributed by atoms with Crippen molar-refractivity contribution in [3.05, 3.63) is 64.7 Å². The highest BCUT2D eigenvalue weighted by molar-refractivity contribution is 5.93. The maximum absolute atomic E-state index is 13.0. The Morgan fingerprint density at radius 3 is 2.65 bits per heavy atom. The van der Waals surface area contributed by atoms with Gasteiger partial charge in [-0.2, -0.15) is 4.39 Å². The van der Waals surface area contributed by atoms with E-state index in [2.05, 4.69) is 11.1 Å². The smallest absolute Gasteiger partial charge is 0.254 e. The van der Waals surface area contributed by atoms with Crippen LogP contribution >= 0.6 is 0 Å². The van der Waals surface area contributed by atoms with E-state index in [1.807, 2.05) is 26.0 Å². The van der Waals surface area contributed by atoms with Crippen LogP contribution in [0.3, 0.4) is 0 Å². The van der Waals surface area contributed by atoms with E-state index >= 15 is 0 Å². The maximum atomic E-state index is 13.0. The van der Waals surface area contributed by atoms with Gasteiger partial charge in [-0.25, -0.2) is 4.98 Å². The molecule has 0 spiro atoms. The van der Waals surface area contributed by atoms with Crippen LogP contribution in [0.2, 0.25) is 0 Å². The molecule has 0 unspecified atom stereocenters. The lowest BCUT2D eigenvalue weighted by Crippen LogP contribution is -2.26. The predicted octanol–water partition coefficient (Wildman–Crippen LogP) is 3.11. The van der Waals surface area contributed by atoms with Crippen molar-refractivity contribution >= 4 is 5.91 Å². The molecule has 0 saturated heterocycles. The van der Waals surface area contributed by atoms with E-state index < -0.39 is 5.95 Å². The first-order valence-electron chi connectivity index (χ1n) is 6.40. The molecule has 4 heteroatoms. The molecule has 3 nitrogen and oxygen atoms in total. The average molecular weight is 272 g/mol. The summed E-state index contributed by atoms with van der Waals surface area (Å²) in [6, 6.07) is 8.79. The summed E-state index contributed by atoms with van der Waals surface area (Å²) in [5, 5.41) is 0. The van der Waals surface area contributed by atoms with Gasteiger partial charge in [0.15, 0.2) is 0 Å². The molecule has 0 saturated carbocycles. The van der Waals surface area contributed by atoms with Crippen molar-refractivity contribution < 1.29 is 9.18 Å². The predicted molar refractivity (Wildman–Crippen MR) is 75.9 cm³/mol. The summed E-state index contributed by atoms with van der Waals surface area (Å²) in [6.07, 6.45) is 1.30. The molecule has 0 atom stereocenters. The Kier molecular flexibility index (Phi) is 4.13. The highest BCUT2D eigenvalue weighted by Gasteiger charge is 2.13. The summed E-state index contributed by atoms with van der Waals surface area (Å²) in [6.45, 7) is 4.55. The zero-order valence-corrected chi connectivity index (χ0v) is 11.9. The molecule has 0 aliphatic heterocycles. The Labute approximate surface area is 118 Å². The molecule has 104 valence electrons. The number of halogens is 1. The van der Waals surface area contributed by atoms with Crippen LogP contribution in [0, 0.1) is 19.8 Å². The van der Waals surface area contributed by atoms with E-state index in [0.29, 0.717) is 12.1 Å². The third kappa shape index (κ3) is 3.20. The monoisotopic (exact) mass is 272 g/mol. The Morgan fingerprint density at radius 1 is 1.25 bits per heavy atom. The number of aryl methyl sites for hydroxylation is 2. The molecule has 2 aromatic rings. The van der Waals surface area contributed by atoms with E-state index in [1.165, 1.54) is 17.8 Å². The Hall–Kier alpha value is -2.23. The van der Waals surface area contributed by atoms with Gasteiger partial charge in [0.05, 0.1) is 0 Å². The highest BCUT2D eigenvalue weighted by atomic mass is 19.1. The van der Waals surface area contributed by atoms with Crippen LogP contribution in [0.1, 0.15) is 27.0 Å². The van der Waals surface area contributed by atoms with Crippen LogP contribution in [0.4, 0.5) is 4.39 Å². The molecular weight excluding hydrogens is 255 g/mol. The molecule has 0 fully saturated rings. The Morgan fingerprint density at radius 2 is 2.00 bits per heavy atom. The number of benzene rings is 1. The minimum absolute atomic E-state index is 0.216. The summed E-state index contributed by atoms with van der Waals surface area (Å²) in [5.41, 5.74) is 3.73. The second kappa shape index (κ2) is 5.82. The van der Waals surface area contributed by atoms with Crippen molar-refractivity contribution in [1.29, 1.82) is 0 Å². The SMILES string of the molecule is Cc1ccc(CN(C)C(=O)c2ccnc(F)c2)c(C)c1.